The topological polar surface area (TPSA) is 78.6 Å². The molecule has 0 atom stereocenters. The fraction of sp³-hybridized carbons (Fsp3) is 0.138. The predicted molar refractivity (Wildman–Crippen MR) is 138 cm³/mol. The van der Waals surface area contributed by atoms with Crippen LogP contribution in [0.1, 0.15) is 26.3 Å². The van der Waals surface area contributed by atoms with Crippen molar-refractivity contribution < 1.29 is 25.8 Å². The van der Waals surface area contributed by atoms with E-state index in [9.17, 15) is 0 Å². The van der Waals surface area contributed by atoms with Crippen molar-refractivity contribution in [3.05, 3.63) is 97.0 Å². The van der Waals surface area contributed by atoms with Gasteiger partial charge in [0, 0.05) is 23.0 Å². The summed E-state index contributed by atoms with van der Waals surface area (Å²) in [5.41, 5.74) is 4.45. The van der Waals surface area contributed by atoms with Crippen LogP contribution in [0.4, 0.5) is 0 Å². The van der Waals surface area contributed by atoms with Crippen LogP contribution in [0.5, 0.6) is 11.6 Å². The predicted octanol–water partition coefficient (Wildman–Crippen LogP) is 6.11. The largest absolute Gasteiger partial charge is 2.00 e. The molecule has 3 heterocycles. The first-order valence-corrected chi connectivity index (χ1v) is 11.6. The molecule has 0 bridgehead atoms. The zero-order chi connectivity index (χ0) is 24.7. The molecule has 0 aliphatic carbocycles. The van der Waals surface area contributed by atoms with Gasteiger partial charge in [0.15, 0.2) is 6.33 Å². The van der Waals surface area contributed by atoms with E-state index in [1.54, 1.807) is 6.20 Å². The summed E-state index contributed by atoms with van der Waals surface area (Å²) in [5.74, 6) is 1.56. The number of fused-ring (bicyclic) bond motifs is 3. The van der Waals surface area contributed by atoms with Gasteiger partial charge in [-0.1, -0.05) is 50.4 Å². The number of ether oxygens (including phenoxy) is 1. The molecule has 0 unspecified atom stereocenters. The Bertz CT molecular complexity index is 1710. The summed E-state index contributed by atoms with van der Waals surface area (Å²) < 4.78 is 8.13. The van der Waals surface area contributed by atoms with Gasteiger partial charge in [-0.2, -0.15) is 24.3 Å². The van der Waals surface area contributed by atoms with Crippen LogP contribution in [0.25, 0.3) is 38.9 Å². The molecule has 0 aliphatic heterocycles. The first kappa shape index (κ1) is 24.7. The minimum Gasteiger partial charge on any atom is -0.460 e. The van der Waals surface area contributed by atoms with E-state index in [-0.39, 0.29) is 26.5 Å². The fourth-order valence-corrected chi connectivity index (χ4v) is 4.36. The van der Waals surface area contributed by atoms with E-state index in [0.717, 1.165) is 38.5 Å². The number of hydrogen-bond acceptors (Lipinski definition) is 6. The zero-order valence-corrected chi connectivity index (χ0v) is 22.7. The van der Waals surface area contributed by atoms with Crippen molar-refractivity contribution in [2.45, 2.75) is 26.2 Å². The molecule has 0 radical (unpaired) electrons. The van der Waals surface area contributed by atoms with Crippen molar-refractivity contribution in [3.8, 4) is 28.7 Å². The first-order chi connectivity index (χ1) is 17.5. The molecule has 37 heavy (non-hydrogen) atoms. The Labute approximate surface area is 228 Å². The Hall–Kier alpha value is -3.96. The fourth-order valence-electron chi connectivity index (χ4n) is 4.36. The Morgan fingerprint density at radius 2 is 1.57 bits per heavy atom. The van der Waals surface area contributed by atoms with Gasteiger partial charge < -0.3 is 4.74 Å². The molecule has 3 aromatic heterocycles. The number of pyridine rings is 1. The summed E-state index contributed by atoms with van der Waals surface area (Å²) in [7, 11) is 0. The second-order valence-corrected chi connectivity index (χ2v) is 9.47. The monoisotopic (exact) mass is 665 g/mol. The Balaban J connectivity index is 0.00000280. The Kier molecular flexibility index (Phi) is 6.57. The number of hydrogen-bond donors (Lipinski definition) is 0. The Morgan fingerprint density at radius 1 is 0.784 bits per heavy atom. The van der Waals surface area contributed by atoms with E-state index < -0.39 is 0 Å². The van der Waals surface area contributed by atoms with Gasteiger partial charge in [0.1, 0.15) is 0 Å². The van der Waals surface area contributed by atoms with Crippen molar-refractivity contribution in [1.82, 2.24) is 29.9 Å². The minimum absolute atomic E-state index is 0. The zero-order valence-electron chi connectivity index (χ0n) is 20.4. The summed E-state index contributed by atoms with van der Waals surface area (Å²) in [5, 5.41) is 18.4. The quantitative estimate of drug-likeness (QED) is 0.212. The van der Waals surface area contributed by atoms with E-state index in [2.05, 4.69) is 70.4 Å². The van der Waals surface area contributed by atoms with Gasteiger partial charge in [-0.15, -0.1) is 38.6 Å². The van der Waals surface area contributed by atoms with Gasteiger partial charge in [0.25, 0.3) is 5.95 Å². The summed E-state index contributed by atoms with van der Waals surface area (Å²) in [6.45, 7) is 6.42. The van der Waals surface area contributed by atoms with Crippen molar-refractivity contribution in [2.24, 2.45) is 0 Å². The van der Waals surface area contributed by atoms with Crippen molar-refractivity contribution >= 4 is 21.8 Å². The maximum atomic E-state index is 6.20. The van der Waals surface area contributed by atoms with Gasteiger partial charge in [-0.3, -0.25) is 4.57 Å². The average molecular weight is 666 g/mol. The SMILES string of the molecule is CC(C)(C)c1cccnc1Oc1[c-]c(-c2[c-]c3c(cc2)c2ccccc2n3-c2nncnn2)ccc1.[Pt+2]. The number of aromatic nitrogens is 6. The van der Waals surface area contributed by atoms with Crippen LogP contribution in [-0.2, 0) is 26.5 Å². The van der Waals surface area contributed by atoms with E-state index in [0.29, 0.717) is 17.6 Å². The Morgan fingerprint density at radius 3 is 2.38 bits per heavy atom. The minimum atomic E-state index is -0.101. The van der Waals surface area contributed by atoms with E-state index >= 15 is 0 Å². The van der Waals surface area contributed by atoms with E-state index in [1.807, 2.05) is 59.2 Å². The van der Waals surface area contributed by atoms with E-state index in [1.165, 1.54) is 6.33 Å². The molecule has 0 N–H and O–H groups in total. The van der Waals surface area contributed by atoms with Crippen LogP contribution in [0.2, 0.25) is 0 Å². The van der Waals surface area contributed by atoms with Gasteiger partial charge in [0.2, 0.25) is 5.88 Å². The molecule has 0 spiro atoms. The third kappa shape index (κ3) is 4.63. The van der Waals surface area contributed by atoms with Gasteiger partial charge in [0.05, 0.1) is 0 Å². The summed E-state index contributed by atoms with van der Waals surface area (Å²) in [6, 6.07) is 29.0. The molecule has 3 aromatic carbocycles. The molecular weight excluding hydrogens is 643 g/mol. The number of rotatable bonds is 4. The molecule has 0 amide bonds. The molecule has 184 valence electrons. The number of para-hydroxylation sites is 1. The van der Waals surface area contributed by atoms with Crippen LogP contribution in [0, 0.1) is 12.1 Å². The van der Waals surface area contributed by atoms with Crippen LogP contribution in [0.3, 0.4) is 0 Å². The molecule has 7 nitrogen and oxygen atoms in total. The van der Waals surface area contributed by atoms with Crippen molar-refractivity contribution in [2.75, 3.05) is 0 Å². The van der Waals surface area contributed by atoms with Crippen LogP contribution in [0.15, 0.2) is 79.3 Å². The van der Waals surface area contributed by atoms with E-state index in [4.69, 9.17) is 4.74 Å². The van der Waals surface area contributed by atoms with Crippen LogP contribution < -0.4 is 4.74 Å². The van der Waals surface area contributed by atoms with Gasteiger partial charge in [-0.25, -0.2) is 16.1 Å². The molecule has 6 rings (SSSR count). The maximum absolute atomic E-state index is 6.20. The molecule has 0 saturated carbocycles. The summed E-state index contributed by atoms with van der Waals surface area (Å²) in [4.78, 5) is 4.47. The molecule has 6 aromatic rings. The molecule has 8 heteroatoms. The van der Waals surface area contributed by atoms with Crippen LogP contribution in [-0.4, -0.2) is 29.9 Å². The summed E-state index contributed by atoms with van der Waals surface area (Å²) in [6.07, 6.45) is 3.06. The van der Waals surface area contributed by atoms with Crippen molar-refractivity contribution in [1.29, 1.82) is 0 Å². The third-order valence-corrected chi connectivity index (χ3v) is 6.03. The molecule has 0 fully saturated rings. The van der Waals surface area contributed by atoms with Crippen molar-refractivity contribution in [3.63, 3.8) is 0 Å². The second kappa shape index (κ2) is 9.83. The van der Waals surface area contributed by atoms with Crippen LogP contribution >= 0.6 is 0 Å². The number of nitrogens with zero attached hydrogens (tertiary/aromatic N) is 6. The number of benzene rings is 3. The standard InChI is InChI=1S/C29H22N6O.Pt/c1-29(2,3)24-11-7-15-30-27(24)36-21-9-6-8-19(16-21)20-13-14-23-22-10-4-5-12-25(22)35(26(23)17-20)28-33-31-18-32-34-28;/h4-15,18H,1-3H3;/q-2;+2. The molecular formula is C29H22N6OPt. The molecule has 0 saturated heterocycles. The average Bonchev–Trinajstić information content (AvgIpc) is 3.23. The normalized spacial score (nSPS) is 11.4. The second-order valence-electron chi connectivity index (χ2n) is 9.47. The smallest absolute Gasteiger partial charge is 0.460 e. The maximum Gasteiger partial charge on any atom is 2.00 e. The third-order valence-electron chi connectivity index (χ3n) is 6.03. The first-order valence-electron chi connectivity index (χ1n) is 11.6. The van der Waals surface area contributed by atoms with Gasteiger partial charge >= 0.3 is 21.1 Å². The summed E-state index contributed by atoms with van der Waals surface area (Å²) >= 11 is 0. The molecule has 0 aliphatic rings. The van der Waals surface area contributed by atoms with Gasteiger partial charge in [-0.05, 0) is 28.5 Å².